The minimum atomic E-state index is -0.609. The minimum Gasteiger partial charge on any atom is -0.489 e. The zero-order chi connectivity index (χ0) is 21.3. The molecule has 0 bridgehead atoms. The molecular weight excluding hydrogens is 382 g/mol. The third-order valence-electron chi connectivity index (χ3n) is 4.12. The summed E-state index contributed by atoms with van der Waals surface area (Å²) in [6, 6.07) is 24.0. The molecule has 0 fully saturated rings. The molecule has 0 aliphatic rings. The average molecular weight is 399 g/mol. The number of nitriles is 1. The Morgan fingerprint density at radius 2 is 1.80 bits per heavy atom. The number of hydrogen-bond acceptors (Lipinski definition) is 5. The first kappa shape index (κ1) is 20.3. The molecule has 0 unspecified atom stereocenters. The number of carbonyl (C=O) groups excluding carboxylic acids is 1. The number of nitro benzene ring substituents is 1. The van der Waals surface area contributed by atoms with Gasteiger partial charge < -0.3 is 10.1 Å². The smallest absolute Gasteiger partial charge is 0.269 e. The maximum absolute atomic E-state index is 12.4. The Kier molecular flexibility index (Phi) is 6.54. The van der Waals surface area contributed by atoms with Gasteiger partial charge in [0.25, 0.3) is 11.6 Å². The maximum atomic E-state index is 12.4. The van der Waals surface area contributed by atoms with Crippen molar-refractivity contribution in [1.29, 1.82) is 5.26 Å². The lowest BCUT2D eigenvalue weighted by Gasteiger charge is -2.07. The topological polar surface area (TPSA) is 105 Å². The summed E-state index contributed by atoms with van der Waals surface area (Å²) in [6.07, 6.45) is 1.45. The van der Waals surface area contributed by atoms with Gasteiger partial charge in [-0.3, -0.25) is 14.9 Å². The van der Waals surface area contributed by atoms with Crippen LogP contribution in [0, 0.1) is 21.4 Å². The van der Waals surface area contributed by atoms with Crippen molar-refractivity contribution >= 4 is 23.4 Å². The van der Waals surface area contributed by atoms with E-state index in [0.29, 0.717) is 23.6 Å². The molecule has 0 heterocycles. The Balaban J connectivity index is 1.69. The van der Waals surface area contributed by atoms with Crippen LogP contribution < -0.4 is 10.1 Å². The average Bonchev–Trinajstić information content (AvgIpc) is 2.77. The van der Waals surface area contributed by atoms with Crippen molar-refractivity contribution in [3.8, 4) is 11.8 Å². The fraction of sp³-hybridized carbons (Fsp3) is 0.0435. The van der Waals surface area contributed by atoms with Crippen LogP contribution in [0.3, 0.4) is 0 Å². The van der Waals surface area contributed by atoms with E-state index < -0.39 is 10.8 Å². The number of anilines is 1. The number of carbonyl (C=O) groups is 1. The highest BCUT2D eigenvalue weighted by molar-refractivity contribution is 6.09. The molecule has 0 aromatic heterocycles. The Morgan fingerprint density at radius 3 is 2.47 bits per heavy atom. The number of ether oxygens (including phenoxy) is 1. The van der Waals surface area contributed by atoms with Crippen LogP contribution in [0.15, 0.2) is 84.4 Å². The summed E-state index contributed by atoms with van der Waals surface area (Å²) in [5.41, 5.74) is 1.83. The van der Waals surface area contributed by atoms with Crippen LogP contribution in [0.25, 0.3) is 6.08 Å². The number of rotatable bonds is 7. The van der Waals surface area contributed by atoms with Crippen molar-refractivity contribution in [1.82, 2.24) is 0 Å². The first-order valence-corrected chi connectivity index (χ1v) is 8.99. The van der Waals surface area contributed by atoms with Crippen molar-refractivity contribution in [3.05, 3.63) is 106 Å². The number of nitro groups is 1. The van der Waals surface area contributed by atoms with Gasteiger partial charge in [0.05, 0.1) is 4.92 Å². The fourth-order valence-corrected chi connectivity index (χ4v) is 2.62. The second-order valence-corrected chi connectivity index (χ2v) is 6.27. The molecular formula is C23H17N3O4. The number of benzene rings is 3. The largest absolute Gasteiger partial charge is 0.489 e. The molecule has 148 valence electrons. The highest BCUT2D eigenvalue weighted by Gasteiger charge is 2.11. The molecule has 30 heavy (non-hydrogen) atoms. The zero-order valence-electron chi connectivity index (χ0n) is 15.8. The lowest BCUT2D eigenvalue weighted by atomic mass is 10.1. The van der Waals surface area contributed by atoms with E-state index in [0.717, 1.165) is 5.56 Å². The summed E-state index contributed by atoms with van der Waals surface area (Å²) >= 11 is 0. The van der Waals surface area contributed by atoms with E-state index in [-0.39, 0.29) is 11.3 Å². The number of nitrogens with one attached hydrogen (secondary N) is 1. The van der Waals surface area contributed by atoms with E-state index >= 15 is 0 Å². The van der Waals surface area contributed by atoms with Gasteiger partial charge in [0.2, 0.25) is 0 Å². The SMILES string of the molecule is N#C/C(=C\c1cccc(OCc2ccccc2)c1)C(=O)Nc1ccc([N+](=O)[O-])cc1. The van der Waals surface area contributed by atoms with Gasteiger partial charge >= 0.3 is 0 Å². The molecule has 1 N–H and O–H groups in total. The third kappa shape index (κ3) is 5.53. The van der Waals surface area contributed by atoms with E-state index in [1.807, 2.05) is 36.4 Å². The van der Waals surface area contributed by atoms with Crippen LogP contribution in [0.4, 0.5) is 11.4 Å². The molecule has 0 radical (unpaired) electrons. The molecule has 3 rings (SSSR count). The van der Waals surface area contributed by atoms with E-state index in [1.54, 1.807) is 24.3 Å². The van der Waals surface area contributed by atoms with Gasteiger partial charge in [0.1, 0.15) is 24.0 Å². The van der Waals surface area contributed by atoms with Crippen LogP contribution in [-0.4, -0.2) is 10.8 Å². The lowest BCUT2D eigenvalue weighted by molar-refractivity contribution is -0.384. The molecule has 3 aromatic rings. The van der Waals surface area contributed by atoms with E-state index in [4.69, 9.17) is 4.74 Å². The number of hydrogen-bond donors (Lipinski definition) is 1. The Labute approximate surface area is 173 Å². The maximum Gasteiger partial charge on any atom is 0.269 e. The molecule has 7 heteroatoms. The molecule has 1 amide bonds. The van der Waals surface area contributed by atoms with Crippen molar-refractivity contribution in [2.75, 3.05) is 5.32 Å². The molecule has 7 nitrogen and oxygen atoms in total. The molecule has 0 atom stereocenters. The van der Waals surface area contributed by atoms with Crippen LogP contribution in [-0.2, 0) is 11.4 Å². The number of non-ortho nitro benzene ring substituents is 1. The van der Waals surface area contributed by atoms with Gasteiger partial charge in [-0.1, -0.05) is 42.5 Å². The Hall–Kier alpha value is -4.44. The normalized spacial score (nSPS) is 10.7. The van der Waals surface area contributed by atoms with Crippen LogP contribution in [0.5, 0.6) is 5.75 Å². The summed E-state index contributed by atoms with van der Waals surface area (Å²) in [4.78, 5) is 22.6. The second-order valence-electron chi connectivity index (χ2n) is 6.27. The summed E-state index contributed by atoms with van der Waals surface area (Å²) in [5.74, 6) is 0.00244. The second kappa shape index (κ2) is 9.66. The first-order chi connectivity index (χ1) is 14.5. The summed E-state index contributed by atoms with van der Waals surface area (Å²) in [7, 11) is 0. The van der Waals surface area contributed by atoms with Gasteiger partial charge in [0, 0.05) is 17.8 Å². The van der Waals surface area contributed by atoms with Gasteiger partial charge in [-0.05, 0) is 41.5 Å². The van der Waals surface area contributed by atoms with Crippen molar-refractivity contribution < 1.29 is 14.5 Å². The van der Waals surface area contributed by atoms with Gasteiger partial charge in [-0.25, -0.2) is 0 Å². The minimum absolute atomic E-state index is 0.0867. The van der Waals surface area contributed by atoms with Crippen LogP contribution in [0.2, 0.25) is 0 Å². The third-order valence-corrected chi connectivity index (χ3v) is 4.12. The monoisotopic (exact) mass is 399 g/mol. The molecule has 0 saturated carbocycles. The Bertz CT molecular complexity index is 1120. The molecule has 0 saturated heterocycles. The molecule has 0 aliphatic heterocycles. The van der Waals surface area contributed by atoms with Crippen molar-refractivity contribution in [3.63, 3.8) is 0 Å². The number of amides is 1. The summed E-state index contributed by atoms with van der Waals surface area (Å²) < 4.78 is 5.77. The quantitative estimate of drug-likeness (QED) is 0.268. The van der Waals surface area contributed by atoms with Gasteiger partial charge in [0.15, 0.2) is 0 Å². The predicted molar refractivity (Wildman–Crippen MR) is 113 cm³/mol. The van der Waals surface area contributed by atoms with Crippen LogP contribution in [0.1, 0.15) is 11.1 Å². The summed E-state index contributed by atoms with van der Waals surface area (Å²) in [6.45, 7) is 0.403. The zero-order valence-corrected chi connectivity index (χ0v) is 15.8. The van der Waals surface area contributed by atoms with Gasteiger partial charge in [-0.2, -0.15) is 5.26 Å². The van der Waals surface area contributed by atoms with E-state index in [2.05, 4.69) is 5.32 Å². The van der Waals surface area contributed by atoms with Crippen molar-refractivity contribution in [2.45, 2.75) is 6.61 Å². The van der Waals surface area contributed by atoms with E-state index in [9.17, 15) is 20.2 Å². The summed E-state index contributed by atoms with van der Waals surface area (Å²) in [5, 5.41) is 22.6. The predicted octanol–water partition coefficient (Wildman–Crippen LogP) is 4.72. The van der Waals surface area contributed by atoms with E-state index in [1.165, 1.54) is 30.3 Å². The Morgan fingerprint density at radius 1 is 1.07 bits per heavy atom. The highest BCUT2D eigenvalue weighted by atomic mass is 16.6. The molecule has 0 spiro atoms. The lowest BCUT2D eigenvalue weighted by Crippen LogP contribution is -2.13. The standard InChI is InChI=1S/C23H17N3O4/c24-15-19(23(27)25-20-9-11-21(12-10-20)26(28)29)13-18-7-4-8-22(14-18)30-16-17-5-2-1-3-6-17/h1-14H,16H2,(H,25,27)/b19-13+. The molecule has 3 aromatic carbocycles. The van der Waals surface area contributed by atoms with Gasteiger partial charge in [-0.15, -0.1) is 0 Å². The molecule has 0 aliphatic carbocycles. The number of nitrogens with zero attached hydrogens (tertiary/aromatic N) is 2. The highest BCUT2D eigenvalue weighted by Crippen LogP contribution is 2.19. The first-order valence-electron chi connectivity index (χ1n) is 8.99. The fourth-order valence-electron chi connectivity index (χ4n) is 2.62. The van der Waals surface area contributed by atoms with Crippen molar-refractivity contribution in [2.24, 2.45) is 0 Å². The van der Waals surface area contributed by atoms with Crippen LogP contribution >= 0.6 is 0 Å².